The molecule has 0 amide bonds. The van der Waals surface area contributed by atoms with E-state index in [1.165, 1.54) is 6.20 Å². The number of hydrogen-bond acceptors (Lipinski definition) is 4. The lowest BCUT2D eigenvalue weighted by molar-refractivity contribution is 0.196. The summed E-state index contributed by atoms with van der Waals surface area (Å²) in [6, 6.07) is 1.69. The molecule has 5 heteroatoms. The summed E-state index contributed by atoms with van der Waals surface area (Å²) < 4.78 is 5.77. The minimum Gasteiger partial charge on any atom is -0.474 e. The van der Waals surface area contributed by atoms with Crippen molar-refractivity contribution in [2.24, 2.45) is 0 Å². The van der Waals surface area contributed by atoms with Crippen LogP contribution in [0.4, 0.5) is 5.69 Å². The van der Waals surface area contributed by atoms with Crippen LogP contribution in [0, 0.1) is 0 Å². The van der Waals surface area contributed by atoms with Gasteiger partial charge in [-0.15, -0.1) is 0 Å². The number of aromatic nitrogens is 1. The smallest absolute Gasteiger partial charge is 0.228 e. The standard InChI is InChI=1S/C7H9BrN2O2/c8-6-3-5(9)4-10-7(6)12-2-1-11/h3-4,11H,1-2,9H2. The Morgan fingerprint density at radius 1 is 1.67 bits per heavy atom. The Morgan fingerprint density at radius 2 is 2.42 bits per heavy atom. The number of anilines is 1. The molecule has 4 nitrogen and oxygen atoms in total. The van der Waals surface area contributed by atoms with Gasteiger partial charge in [0.1, 0.15) is 6.61 Å². The third kappa shape index (κ3) is 2.35. The Bertz CT molecular complexity index is 268. The molecule has 1 aromatic heterocycles. The molecule has 3 N–H and O–H groups in total. The number of aliphatic hydroxyl groups excluding tert-OH is 1. The summed E-state index contributed by atoms with van der Waals surface area (Å²) in [7, 11) is 0. The Hall–Kier alpha value is -0.810. The molecule has 0 spiro atoms. The van der Waals surface area contributed by atoms with Crippen molar-refractivity contribution in [3.8, 4) is 5.88 Å². The molecule has 0 unspecified atom stereocenters. The second-order valence-electron chi connectivity index (χ2n) is 2.13. The average molecular weight is 233 g/mol. The molecular formula is C7H9BrN2O2. The van der Waals surface area contributed by atoms with Gasteiger partial charge in [0, 0.05) is 0 Å². The van der Waals surface area contributed by atoms with Gasteiger partial charge in [0.2, 0.25) is 5.88 Å². The van der Waals surface area contributed by atoms with Crippen molar-refractivity contribution in [3.05, 3.63) is 16.7 Å². The van der Waals surface area contributed by atoms with Crippen LogP contribution in [0.5, 0.6) is 5.88 Å². The molecule has 0 radical (unpaired) electrons. The quantitative estimate of drug-likeness (QED) is 0.810. The Morgan fingerprint density at radius 3 is 3.00 bits per heavy atom. The topological polar surface area (TPSA) is 68.4 Å². The van der Waals surface area contributed by atoms with Gasteiger partial charge in [0.25, 0.3) is 0 Å². The van der Waals surface area contributed by atoms with E-state index in [0.717, 1.165) is 0 Å². The highest BCUT2D eigenvalue weighted by atomic mass is 79.9. The normalized spacial score (nSPS) is 9.83. The van der Waals surface area contributed by atoms with E-state index in [0.29, 0.717) is 16.0 Å². The van der Waals surface area contributed by atoms with E-state index in [-0.39, 0.29) is 13.2 Å². The zero-order chi connectivity index (χ0) is 8.97. The fourth-order valence-electron chi connectivity index (χ4n) is 0.689. The van der Waals surface area contributed by atoms with E-state index in [1.807, 2.05) is 0 Å². The molecule has 0 saturated carbocycles. The largest absolute Gasteiger partial charge is 0.474 e. The fraction of sp³-hybridized carbons (Fsp3) is 0.286. The molecule has 1 heterocycles. The van der Waals surface area contributed by atoms with E-state index in [1.54, 1.807) is 6.07 Å². The molecule has 0 fully saturated rings. The number of nitrogens with two attached hydrogens (primary N) is 1. The van der Waals surface area contributed by atoms with Crippen molar-refractivity contribution < 1.29 is 9.84 Å². The van der Waals surface area contributed by atoms with Crippen LogP contribution < -0.4 is 10.5 Å². The first-order chi connectivity index (χ1) is 5.74. The zero-order valence-corrected chi connectivity index (χ0v) is 7.91. The molecule has 0 atom stereocenters. The highest BCUT2D eigenvalue weighted by Gasteiger charge is 2.01. The maximum Gasteiger partial charge on any atom is 0.228 e. The fourth-order valence-corrected chi connectivity index (χ4v) is 1.17. The average Bonchev–Trinajstić information content (AvgIpc) is 2.03. The third-order valence-electron chi connectivity index (χ3n) is 1.16. The van der Waals surface area contributed by atoms with Crippen LogP contribution in [0.2, 0.25) is 0 Å². The van der Waals surface area contributed by atoms with Gasteiger partial charge < -0.3 is 15.6 Å². The molecule has 1 aromatic rings. The summed E-state index contributed by atoms with van der Waals surface area (Å²) in [6.45, 7) is 0.202. The first kappa shape index (κ1) is 9.28. The number of pyridine rings is 1. The molecule has 1 rings (SSSR count). The van der Waals surface area contributed by atoms with Crippen molar-refractivity contribution in [1.82, 2.24) is 4.98 Å². The van der Waals surface area contributed by atoms with Gasteiger partial charge in [0.05, 0.1) is 23.0 Å². The van der Waals surface area contributed by atoms with Crippen LogP contribution in [0.25, 0.3) is 0 Å². The molecule has 0 aliphatic rings. The highest BCUT2D eigenvalue weighted by Crippen LogP contribution is 2.23. The SMILES string of the molecule is Nc1cnc(OCCO)c(Br)c1. The first-order valence-corrected chi connectivity index (χ1v) is 4.18. The summed E-state index contributed by atoms with van der Waals surface area (Å²) in [5.41, 5.74) is 6.03. The monoisotopic (exact) mass is 232 g/mol. The number of ether oxygens (including phenoxy) is 1. The van der Waals surface area contributed by atoms with E-state index in [4.69, 9.17) is 15.6 Å². The third-order valence-corrected chi connectivity index (χ3v) is 1.73. The first-order valence-electron chi connectivity index (χ1n) is 3.38. The molecule has 12 heavy (non-hydrogen) atoms. The zero-order valence-electron chi connectivity index (χ0n) is 6.33. The summed E-state index contributed by atoms with van der Waals surface area (Å²) in [6.07, 6.45) is 1.50. The van der Waals surface area contributed by atoms with E-state index < -0.39 is 0 Å². The van der Waals surface area contributed by atoms with Crippen molar-refractivity contribution in [2.75, 3.05) is 18.9 Å². The van der Waals surface area contributed by atoms with Crippen molar-refractivity contribution in [1.29, 1.82) is 0 Å². The second-order valence-corrected chi connectivity index (χ2v) is 2.98. The predicted molar refractivity (Wildman–Crippen MR) is 48.9 cm³/mol. The molecule has 0 saturated heterocycles. The van der Waals surface area contributed by atoms with Gasteiger partial charge in [-0.25, -0.2) is 4.98 Å². The van der Waals surface area contributed by atoms with Crippen LogP contribution in [-0.2, 0) is 0 Å². The van der Waals surface area contributed by atoms with E-state index in [2.05, 4.69) is 20.9 Å². The number of rotatable bonds is 3. The summed E-state index contributed by atoms with van der Waals surface area (Å²) >= 11 is 3.23. The maximum absolute atomic E-state index is 8.48. The lowest BCUT2D eigenvalue weighted by atomic mass is 10.4. The number of aliphatic hydroxyl groups is 1. The van der Waals surface area contributed by atoms with Gasteiger partial charge in [0.15, 0.2) is 0 Å². The number of nitrogen functional groups attached to an aromatic ring is 1. The van der Waals surface area contributed by atoms with Crippen molar-refractivity contribution in [3.63, 3.8) is 0 Å². The molecule has 0 aliphatic carbocycles. The van der Waals surface area contributed by atoms with Gasteiger partial charge in [-0.05, 0) is 22.0 Å². The van der Waals surface area contributed by atoms with Gasteiger partial charge in [-0.3, -0.25) is 0 Å². The molecule has 0 bridgehead atoms. The minimum absolute atomic E-state index is 0.0293. The van der Waals surface area contributed by atoms with Crippen LogP contribution in [0.3, 0.4) is 0 Å². The molecule has 0 aromatic carbocycles. The second kappa shape index (κ2) is 4.27. The molecule has 0 aliphatic heterocycles. The lowest BCUT2D eigenvalue weighted by Gasteiger charge is -2.04. The van der Waals surface area contributed by atoms with E-state index >= 15 is 0 Å². The van der Waals surface area contributed by atoms with Crippen LogP contribution in [-0.4, -0.2) is 23.3 Å². The maximum atomic E-state index is 8.48. The van der Waals surface area contributed by atoms with Crippen molar-refractivity contribution in [2.45, 2.75) is 0 Å². The number of hydrogen-bond donors (Lipinski definition) is 2. The van der Waals surface area contributed by atoms with Gasteiger partial charge in [-0.2, -0.15) is 0 Å². The predicted octanol–water partition coefficient (Wildman–Crippen LogP) is 0.797. The molecule has 66 valence electrons. The van der Waals surface area contributed by atoms with Crippen LogP contribution in [0.15, 0.2) is 16.7 Å². The van der Waals surface area contributed by atoms with Crippen LogP contribution >= 0.6 is 15.9 Å². The highest BCUT2D eigenvalue weighted by molar-refractivity contribution is 9.10. The Kier molecular flexibility index (Phi) is 3.31. The summed E-state index contributed by atoms with van der Waals surface area (Å²) in [4.78, 5) is 3.91. The summed E-state index contributed by atoms with van der Waals surface area (Å²) in [5.74, 6) is 0.443. The lowest BCUT2D eigenvalue weighted by Crippen LogP contribution is -2.03. The van der Waals surface area contributed by atoms with Gasteiger partial charge in [-0.1, -0.05) is 0 Å². The minimum atomic E-state index is -0.0293. The van der Waals surface area contributed by atoms with Gasteiger partial charge >= 0.3 is 0 Å². The van der Waals surface area contributed by atoms with Crippen molar-refractivity contribution >= 4 is 21.6 Å². The Labute approximate surface area is 78.5 Å². The number of halogens is 1. The van der Waals surface area contributed by atoms with Crippen LogP contribution in [0.1, 0.15) is 0 Å². The number of nitrogens with zero attached hydrogens (tertiary/aromatic N) is 1. The van der Waals surface area contributed by atoms with E-state index in [9.17, 15) is 0 Å². The molecular weight excluding hydrogens is 224 g/mol. The summed E-state index contributed by atoms with van der Waals surface area (Å²) in [5, 5.41) is 8.48. The Balaban J connectivity index is 2.72.